The number of hydrogen-bond donors (Lipinski definition) is 2. The maximum Gasteiger partial charge on any atom is 0.354 e. The van der Waals surface area contributed by atoms with Crippen LogP contribution in [0.3, 0.4) is 0 Å². The van der Waals surface area contributed by atoms with Crippen molar-refractivity contribution in [1.29, 1.82) is 0 Å². The van der Waals surface area contributed by atoms with E-state index in [4.69, 9.17) is 5.84 Å². The number of hydrogen-bond acceptors (Lipinski definition) is 8. The number of nitrogens with zero attached hydrogens (tertiary/aromatic N) is 4. The average Bonchev–Trinajstić information content (AvgIpc) is 2.98. The number of nitrogen functional groups attached to an aromatic ring is 1. The normalized spacial score (nSPS) is 11.9. The molecule has 2 heterocycles. The van der Waals surface area contributed by atoms with Crippen LogP contribution in [-0.4, -0.2) is 21.9 Å². The Hall–Kier alpha value is -2.26. The van der Waals surface area contributed by atoms with Gasteiger partial charge in [0.25, 0.3) is 0 Å². The molecule has 0 aromatic carbocycles. The van der Waals surface area contributed by atoms with Crippen molar-refractivity contribution in [2.45, 2.75) is 13.0 Å². The van der Waals surface area contributed by atoms with E-state index in [1.165, 1.54) is 6.33 Å². The molecule has 0 saturated carbocycles. The quantitative estimate of drug-likeness (QED) is 0.492. The zero-order chi connectivity index (χ0) is 14.7. The first-order valence-electron chi connectivity index (χ1n) is 5.78. The van der Waals surface area contributed by atoms with Crippen LogP contribution >= 0.6 is 11.3 Å². The average molecular weight is 294 g/mol. The number of nitrogens with two attached hydrogens (primary N) is 1. The zero-order valence-electron chi connectivity index (χ0n) is 11.0. The van der Waals surface area contributed by atoms with E-state index in [1.54, 1.807) is 23.3 Å². The molecule has 1 atom stereocenters. The van der Waals surface area contributed by atoms with Crippen molar-refractivity contribution >= 4 is 28.7 Å². The number of anilines is 2. The molecule has 0 fully saturated rings. The summed E-state index contributed by atoms with van der Waals surface area (Å²) in [6, 6.07) is 3.86. The molecule has 3 N–H and O–H groups in total. The van der Waals surface area contributed by atoms with Gasteiger partial charge in [-0.15, -0.1) is 11.3 Å². The Labute approximate surface area is 119 Å². The highest BCUT2D eigenvalue weighted by Gasteiger charge is 2.27. The van der Waals surface area contributed by atoms with Crippen molar-refractivity contribution in [2.75, 3.05) is 17.4 Å². The Bertz CT molecular complexity index is 603. The summed E-state index contributed by atoms with van der Waals surface area (Å²) >= 11 is 1.58. The van der Waals surface area contributed by atoms with E-state index in [2.05, 4.69) is 15.4 Å². The van der Waals surface area contributed by atoms with E-state index in [-0.39, 0.29) is 23.4 Å². The molecule has 1 unspecified atom stereocenters. The van der Waals surface area contributed by atoms with Crippen LogP contribution in [0, 0.1) is 10.1 Å². The summed E-state index contributed by atoms with van der Waals surface area (Å²) in [7, 11) is 1.75. The lowest BCUT2D eigenvalue weighted by molar-refractivity contribution is -0.383. The summed E-state index contributed by atoms with van der Waals surface area (Å²) in [5.74, 6) is 5.48. The zero-order valence-corrected chi connectivity index (χ0v) is 11.8. The van der Waals surface area contributed by atoms with Gasteiger partial charge in [-0.3, -0.25) is 10.1 Å². The van der Waals surface area contributed by atoms with Gasteiger partial charge in [0, 0.05) is 11.9 Å². The molecule has 0 saturated heterocycles. The minimum atomic E-state index is -0.540. The number of nitrogens with one attached hydrogen (secondary N) is 1. The molecule has 9 heteroatoms. The highest BCUT2D eigenvalue weighted by atomic mass is 32.1. The lowest BCUT2D eigenvalue weighted by atomic mass is 10.2. The molecular weight excluding hydrogens is 280 g/mol. The summed E-state index contributed by atoms with van der Waals surface area (Å²) in [5, 5.41) is 13.2. The van der Waals surface area contributed by atoms with Gasteiger partial charge in [-0.2, -0.15) is 0 Å². The lowest BCUT2D eigenvalue weighted by Gasteiger charge is -2.24. The second kappa shape index (κ2) is 5.80. The fourth-order valence-corrected chi connectivity index (χ4v) is 2.63. The first-order chi connectivity index (χ1) is 9.56. The van der Waals surface area contributed by atoms with Crippen LogP contribution in [0.15, 0.2) is 23.8 Å². The molecule has 0 aliphatic heterocycles. The predicted octanol–water partition coefficient (Wildman–Crippen LogP) is 1.93. The van der Waals surface area contributed by atoms with E-state index in [1.807, 2.05) is 24.4 Å². The molecule has 2 aromatic rings. The molecule has 0 aliphatic carbocycles. The van der Waals surface area contributed by atoms with Gasteiger partial charge in [0.05, 0.1) is 11.0 Å². The number of aromatic nitrogens is 2. The van der Waals surface area contributed by atoms with Gasteiger partial charge in [-0.1, -0.05) is 6.07 Å². The van der Waals surface area contributed by atoms with Crippen LogP contribution in [-0.2, 0) is 0 Å². The fourth-order valence-electron chi connectivity index (χ4n) is 1.80. The van der Waals surface area contributed by atoms with Gasteiger partial charge in [-0.05, 0) is 18.4 Å². The Kier molecular flexibility index (Phi) is 4.11. The van der Waals surface area contributed by atoms with E-state index in [0.29, 0.717) is 0 Å². The SMILES string of the molecule is CC(c1cccs1)N(C)c1ncnc(NN)c1[N+](=O)[O-]. The summed E-state index contributed by atoms with van der Waals surface area (Å²) in [5.41, 5.74) is 1.99. The van der Waals surface area contributed by atoms with E-state index in [9.17, 15) is 10.1 Å². The standard InChI is InChI=1S/C11H14N6O2S/c1-7(8-4-3-5-20-8)16(2)11-9(17(18)19)10(15-12)13-6-14-11/h3-7H,12H2,1-2H3,(H,13,14,15). The monoisotopic (exact) mass is 294 g/mol. The molecule has 2 aromatic heterocycles. The Balaban J connectivity index is 2.44. The Morgan fingerprint density at radius 3 is 2.85 bits per heavy atom. The van der Waals surface area contributed by atoms with Gasteiger partial charge in [0.2, 0.25) is 11.6 Å². The molecule has 0 spiro atoms. The van der Waals surface area contributed by atoms with E-state index in [0.717, 1.165) is 4.88 Å². The van der Waals surface area contributed by atoms with Gasteiger partial charge in [0.1, 0.15) is 6.33 Å². The van der Waals surface area contributed by atoms with Crippen molar-refractivity contribution < 1.29 is 4.92 Å². The van der Waals surface area contributed by atoms with Crippen LogP contribution in [0.5, 0.6) is 0 Å². The van der Waals surface area contributed by atoms with Crippen LogP contribution in [0.4, 0.5) is 17.3 Å². The van der Waals surface area contributed by atoms with Gasteiger partial charge in [-0.25, -0.2) is 15.8 Å². The Morgan fingerprint density at radius 1 is 1.55 bits per heavy atom. The van der Waals surface area contributed by atoms with Crippen molar-refractivity contribution in [3.05, 3.63) is 38.8 Å². The predicted molar refractivity (Wildman–Crippen MR) is 77.6 cm³/mol. The van der Waals surface area contributed by atoms with Gasteiger partial charge in [0.15, 0.2) is 0 Å². The van der Waals surface area contributed by atoms with Crippen LogP contribution < -0.4 is 16.2 Å². The minimum absolute atomic E-state index is 0.00905. The third-order valence-corrected chi connectivity index (χ3v) is 4.03. The van der Waals surface area contributed by atoms with Gasteiger partial charge < -0.3 is 10.3 Å². The smallest absolute Gasteiger partial charge is 0.346 e. The minimum Gasteiger partial charge on any atom is -0.346 e. The topological polar surface area (TPSA) is 110 Å². The summed E-state index contributed by atoms with van der Waals surface area (Å²) in [4.78, 5) is 21.3. The number of rotatable bonds is 5. The van der Waals surface area contributed by atoms with Gasteiger partial charge >= 0.3 is 5.69 Å². The molecular formula is C11H14N6O2S. The van der Waals surface area contributed by atoms with Crippen molar-refractivity contribution in [2.24, 2.45) is 5.84 Å². The molecule has 20 heavy (non-hydrogen) atoms. The highest BCUT2D eigenvalue weighted by Crippen LogP contribution is 2.35. The van der Waals surface area contributed by atoms with E-state index >= 15 is 0 Å². The van der Waals surface area contributed by atoms with Crippen LogP contribution in [0.1, 0.15) is 17.8 Å². The number of hydrazine groups is 1. The maximum atomic E-state index is 11.2. The maximum absolute atomic E-state index is 11.2. The molecule has 0 radical (unpaired) electrons. The molecule has 8 nitrogen and oxygen atoms in total. The first kappa shape index (κ1) is 14.2. The summed E-state index contributed by atoms with van der Waals surface area (Å²) in [6.45, 7) is 1.95. The summed E-state index contributed by atoms with van der Waals surface area (Å²) < 4.78 is 0. The highest BCUT2D eigenvalue weighted by molar-refractivity contribution is 7.10. The largest absolute Gasteiger partial charge is 0.354 e. The van der Waals surface area contributed by atoms with E-state index < -0.39 is 4.92 Å². The van der Waals surface area contributed by atoms with Crippen LogP contribution in [0.25, 0.3) is 0 Å². The lowest BCUT2D eigenvalue weighted by Crippen LogP contribution is -2.24. The van der Waals surface area contributed by atoms with Crippen molar-refractivity contribution in [1.82, 2.24) is 9.97 Å². The molecule has 0 bridgehead atoms. The fraction of sp³-hybridized carbons (Fsp3) is 0.273. The number of nitro groups is 1. The summed E-state index contributed by atoms with van der Waals surface area (Å²) in [6.07, 6.45) is 1.25. The molecule has 0 aliphatic rings. The van der Waals surface area contributed by atoms with Crippen molar-refractivity contribution in [3.8, 4) is 0 Å². The van der Waals surface area contributed by atoms with Crippen molar-refractivity contribution in [3.63, 3.8) is 0 Å². The number of thiophene rings is 1. The molecule has 2 rings (SSSR count). The Morgan fingerprint density at radius 2 is 2.30 bits per heavy atom. The van der Waals surface area contributed by atoms with Crippen LogP contribution in [0.2, 0.25) is 0 Å². The first-order valence-corrected chi connectivity index (χ1v) is 6.66. The second-order valence-electron chi connectivity index (χ2n) is 4.10. The third kappa shape index (κ3) is 2.53. The molecule has 106 valence electrons. The third-order valence-electron chi connectivity index (χ3n) is 2.99. The molecule has 0 amide bonds. The second-order valence-corrected chi connectivity index (χ2v) is 5.08.